The van der Waals surface area contributed by atoms with Crippen molar-refractivity contribution in [2.45, 2.75) is 18.2 Å². The van der Waals surface area contributed by atoms with Crippen molar-refractivity contribution in [3.05, 3.63) is 51.8 Å². The average Bonchev–Trinajstić information content (AvgIpc) is 3.18. The highest BCUT2D eigenvalue weighted by Crippen LogP contribution is 2.39. The third-order valence-corrected chi connectivity index (χ3v) is 7.04. The molecule has 0 saturated carbocycles. The molecule has 2 aromatic rings. The second-order valence-corrected chi connectivity index (χ2v) is 8.66. The summed E-state index contributed by atoms with van der Waals surface area (Å²) in [6, 6.07) is 8.40. The third kappa shape index (κ3) is 3.48. The van der Waals surface area contributed by atoms with Crippen molar-refractivity contribution in [3.63, 3.8) is 0 Å². The fourth-order valence-electron chi connectivity index (χ4n) is 2.75. The van der Waals surface area contributed by atoms with E-state index < -0.39 is 39.9 Å². The Morgan fingerprint density at radius 3 is 2.50 bits per heavy atom. The zero-order chi connectivity index (χ0) is 20.5. The number of hydrogen-bond donors (Lipinski definition) is 2. The molecule has 2 heterocycles. The number of aryl methyl sites for hydroxylation is 1. The molecule has 28 heavy (non-hydrogen) atoms. The maximum Gasteiger partial charge on any atom is 0.359 e. The van der Waals surface area contributed by atoms with Crippen molar-refractivity contribution in [2.24, 2.45) is 0 Å². The van der Waals surface area contributed by atoms with Gasteiger partial charge in [-0.05, 0) is 35.6 Å². The number of esters is 1. The molecule has 1 aromatic carbocycles. The minimum absolute atomic E-state index is 0.0345. The van der Waals surface area contributed by atoms with Gasteiger partial charge >= 0.3 is 5.97 Å². The van der Waals surface area contributed by atoms with Crippen LogP contribution in [0.5, 0.6) is 0 Å². The maximum absolute atomic E-state index is 12.9. The Labute approximate surface area is 166 Å². The van der Waals surface area contributed by atoms with E-state index in [2.05, 4.69) is 10.1 Å². The number of nitrogens with one attached hydrogen (secondary N) is 1. The summed E-state index contributed by atoms with van der Waals surface area (Å²) in [5.74, 6) is -2.26. The number of aliphatic hydroxyl groups is 1. The number of carbonyl (C=O) groups is 2. The molecule has 1 aromatic heterocycles. The van der Waals surface area contributed by atoms with E-state index in [9.17, 15) is 23.1 Å². The van der Waals surface area contributed by atoms with Crippen LogP contribution in [0.25, 0.3) is 5.76 Å². The maximum atomic E-state index is 12.9. The molecule has 10 heteroatoms. The number of amides is 1. The molecule has 1 aliphatic heterocycles. The quantitative estimate of drug-likeness (QED) is 0.715. The number of aliphatic hydroxyl groups excluding tert-OH is 1. The lowest BCUT2D eigenvalue weighted by molar-refractivity contribution is -0.137. The lowest BCUT2D eigenvalue weighted by Crippen LogP contribution is -2.42. The molecule has 2 N–H and O–H groups in total. The monoisotopic (exact) mass is 422 g/mol. The number of rotatable bonds is 5. The van der Waals surface area contributed by atoms with E-state index in [0.717, 1.165) is 30.4 Å². The van der Waals surface area contributed by atoms with Gasteiger partial charge in [-0.25, -0.2) is 17.5 Å². The van der Waals surface area contributed by atoms with E-state index in [1.54, 1.807) is 12.1 Å². The summed E-state index contributed by atoms with van der Waals surface area (Å²) in [7, 11) is -3.15. The molecule has 0 aliphatic carbocycles. The Kier molecular flexibility index (Phi) is 5.43. The number of benzene rings is 1. The number of sulfonamides is 1. The summed E-state index contributed by atoms with van der Waals surface area (Å²) >= 11 is 0.972. The standard InChI is InChI=1S/C18H18N2O6S2/c1-3-11-4-6-12(7-5-11)19-14(21)10-20-15(18(23)26-2)16(22)17-13(8-9-27-17)28(20,24)25/h4-9,22H,3,10H2,1-2H3,(H,19,21). The summed E-state index contributed by atoms with van der Waals surface area (Å²) in [5.41, 5.74) is 0.983. The number of carbonyl (C=O) groups excluding carboxylic acids is 2. The molecule has 8 nitrogen and oxygen atoms in total. The Morgan fingerprint density at radius 1 is 1.21 bits per heavy atom. The van der Waals surface area contributed by atoms with Gasteiger partial charge in [0.1, 0.15) is 11.4 Å². The molecular weight excluding hydrogens is 404 g/mol. The third-order valence-electron chi connectivity index (χ3n) is 4.20. The largest absolute Gasteiger partial charge is 0.504 e. The SMILES string of the molecule is CCc1ccc(NC(=O)CN2C(C(=O)OC)=C(O)c3sccc3S2(=O)=O)cc1. The van der Waals surface area contributed by atoms with Crippen LogP contribution in [0.15, 0.2) is 46.3 Å². The van der Waals surface area contributed by atoms with Gasteiger partial charge in [-0.15, -0.1) is 11.3 Å². The molecular formula is C18H18N2O6S2. The van der Waals surface area contributed by atoms with Gasteiger partial charge in [0.05, 0.1) is 12.0 Å². The van der Waals surface area contributed by atoms with E-state index in [1.807, 2.05) is 19.1 Å². The molecule has 0 saturated heterocycles. The van der Waals surface area contributed by atoms with Gasteiger partial charge in [0.25, 0.3) is 10.0 Å². The number of anilines is 1. The normalized spacial score (nSPS) is 15.1. The van der Waals surface area contributed by atoms with Crippen LogP contribution in [0.3, 0.4) is 0 Å². The van der Waals surface area contributed by atoms with Crippen molar-refractivity contribution in [1.82, 2.24) is 4.31 Å². The van der Waals surface area contributed by atoms with Crippen LogP contribution in [-0.4, -0.2) is 43.4 Å². The molecule has 0 radical (unpaired) electrons. The topological polar surface area (TPSA) is 113 Å². The van der Waals surface area contributed by atoms with Crippen LogP contribution in [0, 0.1) is 0 Å². The lowest BCUT2D eigenvalue weighted by atomic mass is 10.1. The van der Waals surface area contributed by atoms with Crippen LogP contribution in [-0.2, 0) is 30.8 Å². The van der Waals surface area contributed by atoms with E-state index in [4.69, 9.17) is 0 Å². The number of nitrogens with zero attached hydrogens (tertiary/aromatic N) is 1. The van der Waals surface area contributed by atoms with Crippen LogP contribution in [0.1, 0.15) is 17.4 Å². The van der Waals surface area contributed by atoms with Crippen LogP contribution in [0.2, 0.25) is 0 Å². The van der Waals surface area contributed by atoms with E-state index in [0.29, 0.717) is 9.99 Å². The van der Waals surface area contributed by atoms with E-state index in [1.165, 1.54) is 11.4 Å². The molecule has 0 unspecified atom stereocenters. The van der Waals surface area contributed by atoms with Crippen molar-refractivity contribution in [1.29, 1.82) is 0 Å². The molecule has 0 bridgehead atoms. The highest BCUT2D eigenvalue weighted by atomic mass is 32.2. The molecule has 0 spiro atoms. The summed E-state index contributed by atoms with van der Waals surface area (Å²) in [6.07, 6.45) is 0.843. The molecule has 0 atom stereocenters. The Hall–Kier alpha value is -2.85. The first-order chi connectivity index (χ1) is 13.3. The Balaban J connectivity index is 1.92. The van der Waals surface area contributed by atoms with Crippen LogP contribution < -0.4 is 5.32 Å². The fourth-order valence-corrected chi connectivity index (χ4v) is 5.53. The van der Waals surface area contributed by atoms with Gasteiger partial charge < -0.3 is 15.2 Å². The summed E-state index contributed by atoms with van der Waals surface area (Å²) in [5, 5.41) is 14.5. The van der Waals surface area contributed by atoms with Crippen molar-refractivity contribution >= 4 is 44.7 Å². The molecule has 148 valence electrons. The van der Waals surface area contributed by atoms with Crippen molar-refractivity contribution < 1.29 is 27.9 Å². The second kappa shape index (κ2) is 7.64. The second-order valence-electron chi connectivity index (χ2n) is 5.91. The highest BCUT2D eigenvalue weighted by Gasteiger charge is 2.42. The number of thiophene rings is 1. The van der Waals surface area contributed by atoms with Crippen molar-refractivity contribution in [2.75, 3.05) is 19.0 Å². The van der Waals surface area contributed by atoms with Gasteiger partial charge in [0.2, 0.25) is 5.91 Å². The van der Waals surface area contributed by atoms with Gasteiger partial charge in [0.15, 0.2) is 11.5 Å². The first-order valence-electron chi connectivity index (χ1n) is 8.30. The van der Waals surface area contributed by atoms with Crippen LogP contribution in [0.4, 0.5) is 5.69 Å². The summed E-state index contributed by atoms with van der Waals surface area (Å²) in [4.78, 5) is 24.5. The van der Waals surface area contributed by atoms with Gasteiger partial charge in [-0.3, -0.25) is 4.79 Å². The predicted octanol–water partition coefficient (Wildman–Crippen LogP) is 2.35. The first-order valence-corrected chi connectivity index (χ1v) is 10.6. The first kappa shape index (κ1) is 19.9. The zero-order valence-corrected chi connectivity index (χ0v) is 16.8. The number of methoxy groups -OCH3 is 1. The summed E-state index contributed by atoms with van der Waals surface area (Å²) in [6.45, 7) is 1.31. The number of fused-ring (bicyclic) bond motifs is 1. The minimum Gasteiger partial charge on any atom is -0.504 e. The van der Waals surface area contributed by atoms with E-state index >= 15 is 0 Å². The minimum atomic E-state index is -4.21. The number of ether oxygens (including phenoxy) is 1. The average molecular weight is 422 g/mol. The van der Waals surface area contributed by atoms with Crippen molar-refractivity contribution in [3.8, 4) is 0 Å². The lowest BCUT2D eigenvalue weighted by Gasteiger charge is -2.28. The van der Waals surface area contributed by atoms with Gasteiger partial charge in [0, 0.05) is 5.69 Å². The highest BCUT2D eigenvalue weighted by molar-refractivity contribution is 7.89. The smallest absolute Gasteiger partial charge is 0.359 e. The molecule has 1 aliphatic rings. The Morgan fingerprint density at radius 2 is 1.89 bits per heavy atom. The predicted molar refractivity (Wildman–Crippen MR) is 104 cm³/mol. The van der Waals surface area contributed by atoms with Gasteiger partial charge in [-0.2, -0.15) is 0 Å². The molecule has 3 rings (SSSR count). The molecule has 1 amide bonds. The fraction of sp³-hybridized carbons (Fsp3) is 0.222. The van der Waals surface area contributed by atoms with Gasteiger partial charge in [-0.1, -0.05) is 19.1 Å². The number of hydrogen-bond acceptors (Lipinski definition) is 7. The summed E-state index contributed by atoms with van der Waals surface area (Å²) < 4.78 is 31.0. The zero-order valence-electron chi connectivity index (χ0n) is 15.1. The Bertz CT molecular complexity index is 1050. The molecule has 0 fully saturated rings. The van der Waals surface area contributed by atoms with Crippen LogP contribution >= 0.6 is 11.3 Å². The van der Waals surface area contributed by atoms with E-state index in [-0.39, 0.29) is 9.77 Å².